The number of hydrogen-bond donors (Lipinski definition) is 2. The van der Waals surface area contributed by atoms with E-state index in [1.807, 2.05) is 13.0 Å². The Morgan fingerprint density at radius 2 is 2.16 bits per heavy atom. The fraction of sp³-hybridized carbons (Fsp3) is 0.625. The average molecular weight is 282 g/mol. The molecule has 19 heavy (non-hydrogen) atoms. The molecule has 1 aliphatic heterocycles. The van der Waals surface area contributed by atoms with E-state index in [1.165, 1.54) is 19.3 Å². The summed E-state index contributed by atoms with van der Waals surface area (Å²) in [5, 5.41) is 14.8. The lowest BCUT2D eigenvalue weighted by Crippen LogP contribution is -2.35. The monoisotopic (exact) mass is 281 g/mol. The first-order valence-corrected chi connectivity index (χ1v) is 7.62. The second-order valence-corrected chi connectivity index (χ2v) is 6.31. The van der Waals surface area contributed by atoms with Crippen molar-refractivity contribution in [2.24, 2.45) is 0 Å². The summed E-state index contributed by atoms with van der Waals surface area (Å²) >= 11 is 6.32. The zero-order valence-corrected chi connectivity index (χ0v) is 12.8. The largest absolute Gasteiger partial charge is 0.507 e. The lowest BCUT2D eigenvalue weighted by atomic mass is 9.90. The van der Waals surface area contributed by atoms with Crippen LogP contribution in [0.4, 0.5) is 0 Å². The van der Waals surface area contributed by atoms with Gasteiger partial charge < -0.3 is 10.4 Å². The van der Waals surface area contributed by atoms with E-state index in [-0.39, 0.29) is 5.92 Å². The van der Waals surface area contributed by atoms with Gasteiger partial charge in [-0.2, -0.15) is 0 Å². The predicted octanol–water partition coefficient (Wildman–Crippen LogP) is 4.16. The molecule has 106 valence electrons. The standard InChI is InChI=1S/C16H24ClNO/c1-10(2)13-9-15(17)11(3)14(16(13)19)8-12-6-4-5-7-18-12/h9-10,12,18-19H,4-8H2,1-3H3. The van der Waals surface area contributed by atoms with Crippen LogP contribution in [0, 0.1) is 6.92 Å². The van der Waals surface area contributed by atoms with Gasteiger partial charge in [-0.25, -0.2) is 0 Å². The van der Waals surface area contributed by atoms with Crippen LogP contribution in [0.1, 0.15) is 55.7 Å². The SMILES string of the molecule is Cc1c(Cl)cc(C(C)C)c(O)c1CC1CCCCN1. The van der Waals surface area contributed by atoms with Crippen LogP contribution >= 0.6 is 11.6 Å². The van der Waals surface area contributed by atoms with Crippen LogP contribution in [0.5, 0.6) is 5.75 Å². The second-order valence-electron chi connectivity index (χ2n) is 5.91. The summed E-state index contributed by atoms with van der Waals surface area (Å²) in [4.78, 5) is 0. The van der Waals surface area contributed by atoms with Gasteiger partial charge in [0.25, 0.3) is 0 Å². The summed E-state index contributed by atoms with van der Waals surface area (Å²) in [6, 6.07) is 2.38. The quantitative estimate of drug-likeness (QED) is 0.872. The van der Waals surface area contributed by atoms with E-state index in [0.29, 0.717) is 11.8 Å². The van der Waals surface area contributed by atoms with Crippen molar-refractivity contribution in [3.8, 4) is 5.75 Å². The van der Waals surface area contributed by atoms with Crippen LogP contribution in [0.25, 0.3) is 0 Å². The van der Waals surface area contributed by atoms with E-state index in [1.54, 1.807) is 0 Å². The van der Waals surface area contributed by atoms with E-state index in [9.17, 15) is 5.11 Å². The van der Waals surface area contributed by atoms with Gasteiger partial charge in [0.2, 0.25) is 0 Å². The molecule has 1 fully saturated rings. The van der Waals surface area contributed by atoms with Crippen LogP contribution in [0.15, 0.2) is 6.07 Å². The van der Waals surface area contributed by atoms with E-state index in [2.05, 4.69) is 19.2 Å². The van der Waals surface area contributed by atoms with Crippen molar-refractivity contribution in [3.63, 3.8) is 0 Å². The Morgan fingerprint density at radius 3 is 2.74 bits per heavy atom. The molecule has 0 aromatic heterocycles. The Hall–Kier alpha value is -0.730. The summed E-state index contributed by atoms with van der Waals surface area (Å²) in [6.07, 6.45) is 4.59. The third kappa shape index (κ3) is 3.24. The van der Waals surface area contributed by atoms with Crippen molar-refractivity contribution in [1.29, 1.82) is 0 Å². The Bertz CT molecular complexity index is 451. The predicted molar refractivity (Wildman–Crippen MR) is 81.3 cm³/mol. The summed E-state index contributed by atoms with van der Waals surface area (Å²) in [5.74, 6) is 0.737. The number of rotatable bonds is 3. The first-order valence-electron chi connectivity index (χ1n) is 7.25. The average Bonchev–Trinajstić information content (AvgIpc) is 2.40. The zero-order chi connectivity index (χ0) is 14.0. The fourth-order valence-corrected chi connectivity index (χ4v) is 3.08. The Morgan fingerprint density at radius 1 is 1.42 bits per heavy atom. The topological polar surface area (TPSA) is 32.3 Å². The van der Waals surface area contributed by atoms with Crippen LogP contribution < -0.4 is 5.32 Å². The minimum absolute atomic E-state index is 0.288. The van der Waals surface area contributed by atoms with Gasteiger partial charge in [-0.05, 0) is 55.8 Å². The highest BCUT2D eigenvalue weighted by molar-refractivity contribution is 6.31. The first-order chi connectivity index (χ1) is 9.00. The summed E-state index contributed by atoms with van der Waals surface area (Å²) in [5.41, 5.74) is 3.01. The van der Waals surface area contributed by atoms with Crippen molar-refractivity contribution < 1.29 is 5.11 Å². The molecule has 1 aromatic carbocycles. The molecule has 1 saturated heterocycles. The van der Waals surface area contributed by atoms with Crippen molar-refractivity contribution in [2.45, 2.75) is 58.4 Å². The molecule has 1 aromatic rings. The van der Waals surface area contributed by atoms with Gasteiger partial charge in [-0.15, -0.1) is 0 Å². The van der Waals surface area contributed by atoms with Crippen LogP contribution in [0.3, 0.4) is 0 Å². The highest BCUT2D eigenvalue weighted by Crippen LogP contribution is 2.36. The van der Waals surface area contributed by atoms with E-state index in [0.717, 1.165) is 34.7 Å². The number of nitrogens with one attached hydrogen (secondary N) is 1. The normalized spacial score (nSPS) is 19.9. The Labute approximate surface area is 121 Å². The van der Waals surface area contributed by atoms with E-state index in [4.69, 9.17) is 11.6 Å². The molecule has 0 radical (unpaired) electrons. The number of piperidine rings is 1. The maximum absolute atomic E-state index is 10.5. The van der Waals surface area contributed by atoms with Gasteiger partial charge in [0.1, 0.15) is 5.75 Å². The molecule has 3 heteroatoms. The molecule has 1 aliphatic rings. The molecule has 2 nitrogen and oxygen atoms in total. The van der Waals surface area contributed by atoms with Crippen molar-refractivity contribution in [3.05, 3.63) is 27.8 Å². The van der Waals surface area contributed by atoms with E-state index < -0.39 is 0 Å². The maximum atomic E-state index is 10.5. The zero-order valence-electron chi connectivity index (χ0n) is 12.1. The molecule has 2 N–H and O–H groups in total. The third-order valence-corrected chi connectivity index (χ3v) is 4.53. The number of hydrogen-bond acceptors (Lipinski definition) is 2. The highest BCUT2D eigenvalue weighted by atomic mass is 35.5. The minimum atomic E-state index is 0.288. The van der Waals surface area contributed by atoms with Crippen molar-refractivity contribution in [2.75, 3.05) is 6.54 Å². The van der Waals surface area contributed by atoms with Crippen LogP contribution in [-0.4, -0.2) is 17.7 Å². The molecule has 0 bridgehead atoms. The lowest BCUT2D eigenvalue weighted by molar-refractivity contribution is 0.390. The van der Waals surface area contributed by atoms with Gasteiger partial charge in [-0.1, -0.05) is 31.9 Å². The smallest absolute Gasteiger partial charge is 0.122 e. The molecule has 2 rings (SSSR count). The van der Waals surface area contributed by atoms with Gasteiger partial charge in [0, 0.05) is 16.6 Å². The summed E-state index contributed by atoms with van der Waals surface area (Å²) in [7, 11) is 0. The molecule has 0 aliphatic carbocycles. The molecule has 0 spiro atoms. The maximum Gasteiger partial charge on any atom is 0.122 e. The number of phenols is 1. The molecular formula is C16H24ClNO. The number of aromatic hydroxyl groups is 1. The lowest BCUT2D eigenvalue weighted by Gasteiger charge is -2.25. The summed E-state index contributed by atoms with van der Waals surface area (Å²) in [6.45, 7) is 7.26. The molecule has 1 atom stereocenters. The van der Waals surface area contributed by atoms with Gasteiger partial charge in [0.05, 0.1) is 0 Å². The molecule has 0 amide bonds. The van der Waals surface area contributed by atoms with Crippen molar-refractivity contribution >= 4 is 11.6 Å². The first kappa shape index (κ1) is 14.7. The number of halogens is 1. The van der Waals surface area contributed by atoms with Gasteiger partial charge in [-0.3, -0.25) is 0 Å². The third-order valence-electron chi connectivity index (χ3n) is 4.14. The number of phenolic OH excluding ortho intramolecular Hbond substituents is 1. The minimum Gasteiger partial charge on any atom is -0.507 e. The molecule has 1 heterocycles. The second kappa shape index (κ2) is 6.15. The number of benzene rings is 1. The fourth-order valence-electron chi connectivity index (χ4n) is 2.84. The van der Waals surface area contributed by atoms with Crippen LogP contribution in [-0.2, 0) is 6.42 Å². The highest BCUT2D eigenvalue weighted by Gasteiger charge is 2.20. The van der Waals surface area contributed by atoms with Crippen molar-refractivity contribution in [1.82, 2.24) is 5.32 Å². The molecule has 0 saturated carbocycles. The van der Waals surface area contributed by atoms with E-state index >= 15 is 0 Å². The summed E-state index contributed by atoms with van der Waals surface area (Å²) < 4.78 is 0. The van der Waals surface area contributed by atoms with Gasteiger partial charge in [0.15, 0.2) is 0 Å². The molecular weight excluding hydrogens is 258 g/mol. The Kier molecular flexibility index (Phi) is 4.75. The molecule has 1 unspecified atom stereocenters. The van der Waals surface area contributed by atoms with Crippen LogP contribution in [0.2, 0.25) is 5.02 Å². The van der Waals surface area contributed by atoms with Gasteiger partial charge >= 0.3 is 0 Å². The Balaban J connectivity index is 2.32.